The predicted octanol–water partition coefficient (Wildman–Crippen LogP) is 1.72. The number of hydrogen-bond acceptors (Lipinski definition) is 6. The molecule has 3 heterocycles. The Morgan fingerprint density at radius 2 is 2.14 bits per heavy atom. The number of H-pyrrole nitrogens is 1. The van der Waals surface area contributed by atoms with Crippen molar-refractivity contribution in [2.24, 2.45) is 0 Å². The van der Waals surface area contributed by atoms with Crippen molar-refractivity contribution < 1.29 is 18.8 Å². The third kappa shape index (κ3) is 5.07. The van der Waals surface area contributed by atoms with E-state index < -0.39 is 11.2 Å². The van der Waals surface area contributed by atoms with Crippen LogP contribution in [0, 0.1) is 6.92 Å². The molecule has 9 heteroatoms. The van der Waals surface area contributed by atoms with Crippen molar-refractivity contribution in [3.05, 3.63) is 47.8 Å². The zero-order chi connectivity index (χ0) is 18.6. The molecule has 2 unspecified atom stereocenters. The fourth-order valence-electron chi connectivity index (χ4n) is 2.91. The van der Waals surface area contributed by atoms with Gasteiger partial charge in [0.2, 0.25) is 0 Å². The van der Waals surface area contributed by atoms with Crippen LogP contribution in [0.15, 0.2) is 41.7 Å². The normalized spacial score (nSPS) is 17.9. The molecule has 4 rings (SSSR count). The summed E-state index contributed by atoms with van der Waals surface area (Å²) in [4.78, 5) is 11.9. The van der Waals surface area contributed by atoms with Gasteiger partial charge >= 0.3 is 34.7 Å². The second-order valence-corrected chi connectivity index (χ2v) is 7.67. The summed E-state index contributed by atoms with van der Waals surface area (Å²) in [5.41, 5.74) is 3.28. The summed E-state index contributed by atoms with van der Waals surface area (Å²) in [5, 5.41) is 0.455. The predicted molar refractivity (Wildman–Crippen MR) is 108 cm³/mol. The first kappa shape index (κ1) is 21.6. The molecule has 0 amide bonds. The summed E-state index contributed by atoms with van der Waals surface area (Å²) in [6.45, 7) is 4.09. The topological polar surface area (TPSA) is 92.3 Å². The van der Waals surface area contributed by atoms with E-state index >= 15 is 0 Å². The number of aromatic nitrogens is 3. The number of imidazole rings is 1. The van der Waals surface area contributed by atoms with Crippen LogP contribution in [-0.2, 0) is 26.4 Å². The van der Waals surface area contributed by atoms with E-state index in [9.17, 15) is 4.55 Å². The van der Waals surface area contributed by atoms with Gasteiger partial charge in [0, 0.05) is 22.9 Å². The number of fused-ring (bicyclic) bond motifs is 1. The maximum atomic E-state index is 12.8. The summed E-state index contributed by atoms with van der Waals surface area (Å²) in [5.74, 6) is 0.988. The van der Waals surface area contributed by atoms with E-state index in [-0.39, 0.29) is 41.4 Å². The van der Waals surface area contributed by atoms with Gasteiger partial charge in [-0.05, 0) is 25.1 Å². The van der Waals surface area contributed by atoms with Gasteiger partial charge in [0.1, 0.15) is 18.5 Å². The maximum absolute atomic E-state index is 12.8. The molecule has 144 valence electrons. The second kappa shape index (κ2) is 10.1. The number of nitrogens with zero attached hydrogens (tertiary/aromatic N) is 2. The van der Waals surface area contributed by atoms with Gasteiger partial charge in [-0.15, -0.1) is 0 Å². The molecule has 0 saturated carbocycles. The van der Waals surface area contributed by atoms with Gasteiger partial charge in [0.15, 0.2) is 5.75 Å². The summed E-state index contributed by atoms with van der Waals surface area (Å²) >= 11 is -1.32. The Morgan fingerprint density at radius 3 is 2.93 bits per heavy atom. The van der Waals surface area contributed by atoms with Crippen LogP contribution in [0.1, 0.15) is 11.3 Å². The van der Waals surface area contributed by atoms with E-state index in [0.717, 1.165) is 28.0 Å². The summed E-state index contributed by atoms with van der Waals surface area (Å²) in [6.07, 6.45) is 1.60. The molecule has 0 bridgehead atoms. The molecule has 0 radical (unpaired) electrons. The van der Waals surface area contributed by atoms with Crippen molar-refractivity contribution in [1.82, 2.24) is 15.0 Å². The standard InChI is InChI=1S/C19H21N3O4S.Na.H/c1-13-17(12-27(23)19-21-15-4-2-3-5-16(15)22-19)20-7-6-18(13)26-11-14-10-24-8-9-25-14;;/h2-7,14H,8-12H2,1H3,(H,21,22);;. The Kier molecular flexibility index (Phi) is 7.76. The van der Waals surface area contributed by atoms with Crippen LogP contribution >= 0.6 is 0 Å². The fraction of sp³-hybridized carbons (Fsp3) is 0.368. The van der Waals surface area contributed by atoms with E-state index in [0.29, 0.717) is 31.6 Å². The number of hydrogen-bond donors (Lipinski definition) is 1. The molecule has 2 atom stereocenters. The van der Waals surface area contributed by atoms with Crippen LogP contribution in [0.3, 0.4) is 0 Å². The van der Waals surface area contributed by atoms with Crippen LogP contribution in [0.25, 0.3) is 11.0 Å². The van der Waals surface area contributed by atoms with Crippen molar-refractivity contribution in [1.29, 1.82) is 0 Å². The quantitative estimate of drug-likeness (QED) is 0.491. The Hall–Kier alpha value is -1.13. The molecular weight excluding hydrogens is 389 g/mol. The van der Waals surface area contributed by atoms with Crippen LogP contribution in [0.5, 0.6) is 5.75 Å². The van der Waals surface area contributed by atoms with Gasteiger partial charge < -0.3 is 18.8 Å². The molecular formula is C19H22N3NaO4S. The summed E-state index contributed by atoms with van der Waals surface area (Å²) in [7, 11) is 0. The van der Waals surface area contributed by atoms with Gasteiger partial charge in [-0.3, -0.25) is 9.97 Å². The third-order valence-corrected chi connectivity index (χ3v) is 5.58. The third-order valence-electron chi connectivity index (χ3n) is 4.42. The van der Waals surface area contributed by atoms with Crippen molar-refractivity contribution in [3.8, 4) is 5.75 Å². The van der Waals surface area contributed by atoms with Crippen LogP contribution in [-0.4, -0.2) is 81.6 Å². The van der Waals surface area contributed by atoms with Crippen LogP contribution < -0.4 is 4.74 Å². The van der Waals surface area contributed by atoms with Crippen LogP contribution in [0.4, 0.5) is 0 Å². The van der Waals surface area contributed by atoms with Crippen molar-refractivity contribution in [3.63, 3.8) is 0 Å². The number of aromatic amines is 1. The average molecular weight is 411 g/mol. The van der Waals surface area contributed by atoms with Gasteiger partial charge in [-0.1, -0.05) is 12.1 Å². The zero-order valence-electron chi connectivity index (χ0n) is 15.0. The molecule has 1 saturated heterocycles. The molecule has 2 aromatic heterocycles. The molecule has 1 aromatic carbocycles. The van der Waals surface area contributed by atoms with E-state index in [2.05, 4.69) is 15.0 Å². The Bertz CT molecular complexity index is 884. The van der Waals surface area contributed by atoms with Crippen molar-refractivity contribution in [2.75, 3.05) is 26.4 Å². The zero-order valence-corrected chi connectivity index (χ0v) is 15.8. The van der Waals surface area contributed by atoms with E-state index in [1.165, 1.54) is 0 Å². The minimum atomic E-state index is -1.32. The van der Waals surface area contributed by atoms with E-state index in [4.69, 9.17) is 14.2 Å². The second-order valence-electron chi connectivity index (χ2n) is 6.31. The van der Waals surface area contributed by atoms with E-state index in [1.54, 1.807) is 6.20 Å². The number of ether oxygens (including phenoxy) is 3. The number of rotatable bonds is 6. The summed E-state index contributed by atoms with van der Waals surface area (Å²) in [6, 6.07) is 9.44. The average Bonchev–Trinajstić information content (AvgIpc) is 3.14. The van der Waals surface area contributed by atoms with Crippen molar-refractivity contribution in [2.45, 2.75) is 23.9 Å². The molecule has 0 spiro atoms. The van der Waals surface area contributed by atoms with Crippen molar-refractivity contribution >= 4 is 51.8 Å². The number of pyridine rings is 1. The van der Waals surface area contributed by atoms with Gasteiger partial charge in [-0.25, -0.2) is 0 Å². The Morgan fingerprint density at radius 1 is 1.29 bits per heavy atom. The van der Waals surface area contributed by atoms with Gasteiger partial charge in [-0.2, -0.15) is 4.98 Å². The Labute approximate surface area is 188 Å². The number of benzene rings is 1. The molecule has 3 aromatic rings. The molecule has 1 fully saturated rings. The number of nitrogens with one attached hydrogen (secondary N) is 1. The molecule has 1 N–H and O–H groups in total. The molecule has 28 heavy (non-hydrogen) atoms. The number of para-hydroxylation sites is 2. The molecule has 7 nitrogen and oxygen atoms in total. The molecule has 1 aliphatic heterocycles. The molecule has 1 aliphatic rings. The summed E-state index contributed by atoms with van der Waals surface area (Å²) < 4.78 is 29.6. The molecule has 0 aliphatic carbocycles. The van der Waals surface area contributed by atoms with Gasteiger partial charge in [0.05, 0.1) is 36.5 Å². The minimum absolute atomic E-state index is 0. The van der Waals surface area contributed by atoms with Gasteiger partial charge in [0.25, 0.3) is 0 Å². The Balaban J connectivity index is 0.00000225. The SMILES string of the molecule is Cc1c(OCC2COCCO2)ccnc1C[S+]([O-])c1nc2ccccc2[nH]1.[NaH]. The van der Waals surface area contributed by atoms with Crippen LogP contribution in [0.2, 0.25) is 0 Å². The monoisotopic (exact) mass is 411 g/mol. The first-order chi connectivity index (χ1) is 13.2. The first-order valence-electron chi connectivity index (χ1n) is 8.80. The van der Waals surface area contributed by atoms with E-state index in [1.807, 2.05) is 37.3 Å². The fourth-order valence-corrected chi connectivity index (χ4v) is 4.01. The first-order valence-corrected chi connectivity index (χ1v) is 10.1.